The fourth-order valence-electron chi connectivity index (χ4n) is 2.12. The maximum Gasteiger partial charge on any atom is 0.253 e. The largest absolute Gasteiger partial charge is 0.351 e. The van der Waals surface area contributed by atoms with Gasteiger partial charge in [0.15, 0.2) is 0 Å². The van der Waals surface area contributed by atoms with Gasteiger partial charge >= 0.3 is 0 Å². The van der Waals surface area contributed by atoms with Crippen LogP contribution in [0.4, 0.5) is 0 Å². The first-order valence-corrected chi connectivity index (χ1v) is 8.10. The molecule has 0 atom stereocenters. The number of H-pyrrole nitrogens is 1. The second kappa shape index (κ2) is 7.31. The lowest BCUT2D eigenvalue weighted by Gasteiger charge is -2.08. The fraction of sp³-hybridized carbons (Fsp3) is 0.294. The molecular weight excluding hydrogens is 296 g/mol. The van der Waals surface area contributed by atoms with Crippen LogP contribution >= 0.6 is 11.8 Å². The van der Waals surface area contributed by atoms with Crippen molar-refractivity contribution in [2.24, 2.45) is 0 Å². The van der Waals surface area contributed by atoms with Crippen molar-refractivity contribution in [2.45, 2.75) is 32.2 Å². The van der Waals surface area contributed by atoms with Crippen LogP contribution in [-0.2, 0) is 11.3 Å². The number of amides is 1. The SMILES string of the molecule is Cc1ccc(SCC(=O)NCc2c(C)cc(C)[nH]c2=O)cc1. The third-order valence-electron chi connectivity index (χ3n) is 3.35. The Morgan fingerprint density at radius 3 is 2.50 bits per heavy atom. The first-order chi connectivity index (χ1) is 10.5. The molecule has 0 aliphatic carbocycles. The van der Waals surface area contributed by atoms with Crippen molar-refractivity contribution in [1.82, 2.24) is 10.3 Å². The Bertz CT molecular complexity index is 720. The second-order valence-electron chi connectivity index (χ2n) is 5.32. The summed E-state index contributed by atoms with van der Waals surface area (Å²) in [4.78, 5) is 27.6. The van der Waals surface area contributed by atoms with Crippen LogP contribution in [0.3, 0.4) is 0 Å². The zero-order valence-corrected chi connectivity index (χ0v) is 13.8. The Morgan fingerprint density at radius 2 is 1.86 bits per heavy atom. The Balaban J connectivity index is 1.88. The molecule has 1 aromatic heterocycles. The lowest BCUT2D eigenvalue weighted by Crippen LogP contribution is -2.29. The highest BCUT2D eigenvalue weighted by atomic mass is 32.2. The highest BCUT2D eigenvalue weighted by Gasteiger charge is 2.08. The van der Waals surface area contributed by atoms with Crippen LogP contribution < -0.4 is 10.9 Å². The molecule has 4 nitrogen and oxygen atoms in total. The number of aryl methyl sites for hydroxylation is 3. The van der Waals surface area contributed by atoms with Crippen LogP contribution in [0.5, 0.6) is 0 Å². The van der Waals surface area contributed by atoms with E-state index in [1.165, 1.54) is 17.3 Å². The Kier molecular flexibility index (Phi) is 5.44. The number of aromatic nitrogens is 1. The maximum absolute atomic E-state index is 11.9. The highest BCUT2D eigenvalue weighted by Crippen LogP contribution is 2.17. The van der Waals surface area contributed by atoms with Gasteiger partial charge in [-0.1, -0.05) is 17.7 Å². The van der Waals surface area contributed by atoms with E-state index in [0.29, 0.717) is 11.3 Å². The number of carbonyl (C=O) groups is 1. The van der Waals surface area contributed by atoms with Crippen molar-refractivity contribution in [2.75, 3.05) is 5.75 Å². The molecule has 0 bridgehead atoms. The molecule has 0 spiro atoms. The summed E-state index contributed by atoms with van der Waals surface area (Å²) in [6.45, 7) is 6.01. The van der Waals surface area contributed by atoms with E-state index in [2.05, 4.69) is 10.3 Å². The van der Waals surface area contributed by atoms with Crippen molar-refractivity contribution in [1.29, 1.82) is 0 Å². The number of carbonyl (C=O) groups excluding carboxylic acids is 1. The van der Waals surface area contributed by atoms with Crippen LogP contribution in [0, 0.1) is 20.8 Å². The number of thioether (sulfide) groups is 1. The lowest BCUT2D eigenvalue weighted by atomic mass is 10.1. The third-order valence-corrected chi connectivity index (χ3v) is 4.36. The molecule has 1 amide bonds. The maximum atomic E-state index is 11.9. The fourth-order valence-corrected chi connectivity index (χ4v) is 2.85. The number of rotatable bonds is 5. The van der Waals surface area contributed by atoms with Gasteiger partial charge in [-0.15, -0.1) is 11.8 Å². The molecule has 0 aliphatic heterocycles. The van der Waals surface area contributed by atoms with Gasteiger partial charge in [-0.25, -0.2) is 0 Å². The van der Waals surface area contributed by atoms with E-state index in [0.717, 1.165) is 16.2 Å². The molecule has 0 fully saturated rings. The molecule has 2 rings (SSSR count). The molecule has 0 unspecified atom stereocenters. The number of hydrogen-bond acceptors (Lipinski definition) is 3. The molecule has 1 heterocycles. The molecule has 22 heavy (non-hydrogen) atoms. The zero-order chi connectivity index (χ0) is 16.1. The van der Waals surface area contributed by atoms with Crippen molar-refractivity contribution in [3.8, 4) is 0 Å². The number of benzene rings is 1. The van der Waals surface area contributed by atoms with E-state index >= 15 is 0 Å². The summed E-state index contributed by atoms with van der Waals surface area (Å²) in [7, 11) is 0. The van der Waals surface area contributed by atoms with Gasteiger partial charge in [-0.2, -0.15) is 0 Å². The molecule has 2 N–H and O–H groups in total. The summed E-state index contributed by atoms with van der Waals surface area (Å²) < 4.78 is 0. The predicted molar refractivity (Wildman–Crippen MR) is 90.3 cm³/mol. The number of hydrogen-bond donors (Lipinski definition) is 2. The Labute approximate surface area is 134 Å². The quantitative estimate of drug-likeness (QED) is 0.834. The minimum absolute atomic E-state index is 0.0787. The van der Waals surface area contributed by atoms with Crippen LogP contribution in [0.25, 0.3) is 0 Å². The molecule has 0 aliphatic rings. The van der Waals surface area contributed by atoms with Crippen molar-refractivity contribution < 1.29 is 4.79 Å². The van der Waals surface area contributed by atoms with Crippen LogP contribution in [-0.4, -0.2) is 16.6 Å². The standard InChI is InChI=1S/C17H20N2O2S/c1-11-4-6-14(7-5-11)22-10-16(20)18-9-15-12(2)8-13(3)19-17(15)21/h4-8H,9-10H2,1-3H3,(H,18,20)(H,19,21). The topological polar surface area (TPSA) is 62.0 Å². The van der Waals surface area contributed by atoms with Gasteiger partial charge in [0.05, 0.1) is 5.75 Å². The average molecular weight is 316 g/mol. The molecular formula is C17H20N2O2S. The normalized spacial score (nSPS) is 10.5. The minimum Gasteiger partial charge on any atom is -0.351 e. The van der Waals surface area contributed by atoms with E-state index in [1.54, 1.807) is 0 Å². The average Bonchev–Trinajstić information content (AvgIpc) is 2.45. The molecule has 1 aromatic carbocycles. The number of nitrogens with one attached hydrogen (secondary N) is 2. The van der Waals surface area contributed by atoms with Crippen molar-refractivity contribution >= 4 is 17.7 Å². The van der Waals surface area contributed by atoms with Crippen LogP contribution in [0.1, 0.15) is 22.4 Å². The summed E-state index contributed by atoms with van der Waals surface area (Å²) >= 11 is 1.49. The zero-order valence-electron chi connectivity index (χ0n) is 13.0. The predicted octanol–water partition coefficient (Wildman–Crippen LogP) is 2.71. The number of pyridine rings is 1. The summed E-state index contributed by atoms with van der Waals surface area (Å²) in [5.41, 5.74) is 3.39. The first kappa shape index (κ1) is 16.4. The second-order valence-corrected chi connectivity index (χ2v) is 6.37. The molecule has 0 radical (unpaired) electrons. The van der Waals surface area contributed by atoms with Gasteiger partial charge < -0.3 is 10.3 Å². The smallest absolute Gasteiger partial charge is 0.253 e. The summed E-state index contributed by atoms with van der Waals surface area (Å²) in [6.07, 6.45) is 0. The van der Waals surface area contributed by atoms with Gasteiger partial charge in [-0.3, -0.25) is 9.59 Å². The van der Waals surface area contributed by atoms with E-state index in [9.17, 15) is 9.59 Å². The van der Waals surface area contributed by atoms with Crippen LogP contribution in [0.2, 0.25) is 0 Å². The first-order valence-electron chi connectivity index (χ1n) is 7.11. The number of aromatic amines is 1. The third kappa shape index (κ3) is 4.49. The van der Waals surface area contributed by atoms with Gasteiger partial charge in [0.2, 0.25) is 5.91 Å². The van der Waals surface area contributed by atoms with Gasteiger partial charge in [0.1, 0.15) is 0 Å². The van der Waals surface area contributed by atoms with Crippen molar-refractivity contribution in [3.63, 3.8) is 0 Å². The summed E-state index contributed by atoms with van der Waals surface area (Å²) in [5, 5.41) is 2.80. The Hall–Kier alpha value is -2.01. The van der Waals surface area contributed by atoms with E-state index in [-0.39, 0.29) is 18.0 Å². The summed E-state index contributed by atoms with van der Waals surface area (Å²) in [5.74, 6) is 0.260. The van der Waals surface area contributed by atoms with Crippen molar-refractivity contribution in [3.05, 3.63) is 63.1 Å². The highest BCUT2D eigenvalue weighted by molar-refractivity contribution is 8.00. The molecule has 5 heteroatoms. The lowest BCUT2D eigenvalue weighted by molar-refractivity contribution is -0.118. The molecule has 2 aromatic rings. The minimum atomic E-state index is -0.135. The van der Waals surface area contributed by atoms with E-state index in [4.69, 9.17) is 0 Å². The monoisotopic (exact) mass is 316 g/mol. The molecule has 116 valence electrons. The Morgan fingerprint density at radius 1 is 1.18 bits per heavy atom. The summed E-state index contributed by atoms with van der Waals surface area (Å²) in [6, 6.07) is 9.96. The van der Waals surface area contributed by atoms with Gasteiger partial charge in [0.25, 0.3) is 5.56 Å². The van der Waals surface area contributed by atoms with E-state index in [1.807, 2.05) is 51.1 Å². The van der Waals surface area contributed by atoms with E-state index < -0.39 is 0 Å². The van der Waals surface area contributed by atoms with Crippen LogP contribution in [0.15, 0.2) is 40.0 Å². The molecule has 0 saturated heterocycles. The van der Waals surface area contributed by atoms with Gasteiger partial charge in [0, 0.05) is 22.7 Å². The van der Waals surface area contributed by atoms with Gasteiger partial charge in [-0.05, 0) is 44.5 Å². The molecule has 0 saturated carbocycles.